The van der Waals surface area contributed by atoms with Crippen molar-refractivity contribution >= 4 is 35.6 Å². The topological polar surface area (TPSA) is 249 Å². The second-order valence-corrected chi connectivity index (χ2v) is 9.01. The number of hydrogen-bond donors (Lipinski definition) is 7. The van der Waals surface area contributed by atoms with E-state index in [1.54, 1.807) is 0 Å². The van der Waals surface area contributed by atoms with Crippen molar-refractivity contribution in [2.45, 2.75) is 76.5 Å². The highest BCUT2D eigenvalue weighted by atomic mass is 16.4. The van der Waals surface area contributed by atoms with Gasteiger partial charge in [0, 0.05) is 13.1 Å². The Bertz CT molecular complexity index is 814. The highest BCUT2D eigenvalue weighted by Gasteiger charge is 2.38. The van der Waals surface area contributed by atoms with Crippen molar-refractivity contribution in [3.63, 3.8) is 0 Å². The number of nitrogens with two attached hydrogens (primary N) is 4. The fourth-order valence-electron chi connectivity index (χ4n) is 3.83. The lowest BCUT2D eigenvalue weighted by atomic mass is 10.0. The lowest BCUT2D eigenvalue weighted by Crippen LogP contribution is -2.57. The Morgan fingerprint density at radius 3 is 2.29 bits per heavy atom. The number of aliphatic carboxylic acids is 1. The van der Waals surface area contributed by atoms with E-state index in [0.717, 1.165) is 0 Å². The normalized spacial score (nSPS) is 17.8. The van der Waals surface area contributed by atoms with Gasteiger partial charge < -0.3 is 43.6 Å². The van der Waals surface area contributed by atoms with Gasteiger partial charge in [0.25, 0.3) is 0 Å². The number of likely N-dealkylation sites (tertiary alicyclic amines) is 1. The van der Waals surface area contributed by atoms with E-state index in [1.807, 2.05) is 13.8 Å². The average Bonchev–Trinajstić information content (AvgIpc) is 3.23. The molecular weight excluding hydrogens is 460 g/mol. The van der Waals surface area contributed by atoms with Crippen LogP contribution in [0.4, 0.5) is 0 Å². The van der Waals surface area contributed by atoms with Gasteiger partial charge in [0.05, 0.1) is 12.5 Å². The van der Waals surface area contributed by atoms with Crippen LogP contribution in [0.2, 0.25) is 0 Å². The average molecular weight is 499 g/mol. The van der Waals surface area contributed by atoms with Crippen LogP contribution in [-0.4, -0.2) is 82.8 Å². The zero-order valence-electron chi connectivity index (χ0n) is 20.2. The first-order valence-corrected chi connectivity index (χ1v) is 11.6. The number of carboxylic acid groups (broad SMARTS) is 1. The summed E-state index contributed by atoms with van der Waals surface area (Å²) in [5.41, 5.74) is 21.5. The lowest BCUT2D eigenvalue weighted by Gasteiger charge is -2.28. The second-order valence-electron chi connectivity index (χ2n) is 9.01. The second kappa shape index (κ2) is 14.1. The van der Waals surface area contributed by atoms with Crippen LogP contribution in [0.1, 0.15) is 52.4 Å². The molecule has 1 aliphatic heterocycles. The third-order valence-corrected chi connectivity index (χ3v) is 5.48. The minimum Gasteiger partial charge on any atom is -0.480 e. The van der Waals surface area contributed by atoms with Crippen LogP contribution in [0.3, 0.4) is 0 Å². The van der Waals surface area contributed by atoms with Gasteiger partial charge in [-0.15, -0.1) is 0 Å². The van der Waals surface area contributed by atoms with Gasteiger partial charge in [-0.2, -0.15) is 0 Å². The van der Waals surface area contributed by atoms with E-state index in [9.17, 15) is 29.1 Å². The smallest absolute Gasteiger partial charge is 0.326 e. The molecule has 35 heavy (non-hydrogen) atoms. The number of carbonyl (C=O) groups is 5. The van der Waals surface area contributed by atoms with E-state index in [0.29, 0.717) is 19.3 Å². The molecule has 1 heterocycles. The molecule has 0 saturated carbocycles. The minimum absolute atomic E-state index is 0.00831. The summed E-state index contributed by atoms with van der Waals surface area (Å²) in [4.78, 5) is 66.5. The Balaban J connectivity index is 2.97. The number of carboxylic acids is 1. The van der Waals surface area contributed by atoms with Crippen LogP contribution < -0.4 is 33.6 Å². The van der Waals surface area contributed by atoms with Crippen molar-refractivity contribution in [2.75, 3.05) is 13.1 Å². The van der Waals surface area contributed by atoms with Crippen molar-refractivity contribution in [2.24, 2.45) is 33.8 Å². The monoisotopic (exact) mass is 498 g/mol. The summed E-state index contributed by atoms with van der Waals surface area (Å²) in [6, 6.07) is -4.27. The Labute approximate surface area is 204 Å². The van der Waals surface area contributed by atoms with Gasteiger partial charge in [0.2, 0.25) is 23.6 Å². The SMILES string of the molecule is CC(C)CC(NC(=O)C(CCCN=C(N)N)NC(=O)C1CCCN1C(=O)C(N)CC(N)=O)C(=O)O. The van der Waals surface area contributed by atoms with Crippen molar-refractivity contribution < 1.29 is 29.1 Å². The molecule has 14 nitrogen and oxygen atoms in total. The number of rotatable bonds is 14. The van der Waals surface area contributed by atoms with Gasteiger partial charge in [-0.1, -0.05) is 13.8 Å². The maximum absolute atomic E-state index is 13.1. The molecule has 1 rings (SSSR count). The van der Waals surface area contributed by atoms with Crippen LogP contribution in [0.15, 0.2) is 4.99 Å². The first kappa shape index (κ1) is 29.6. The van der Waals surface area contributed by atoms with Crippen LogP contribution in [0, 0.1) is 5.92 Å². The minimum atomic E-state index is -1.19. The standard InChI is InChI=1S/C21H38N8O6/c1-11(2)9-14(20(34)35)28-17(31)13(5-3-7-26-21(24)25)27-18(32)15-6-4-8-29(15)19(33)12(22)10-16(23)30/h11-15H,3-10,22H2,1-2H3,(H2,23,30)(H,27,32)(H,28,31)(H,34,35)(H4,24,25,26). The first-order chi connectivity index (χ1) is 16.3. The fraction of sp³-hybridized carbons (Fsp3) is 0.714. The molecular formula is C21H38N8O6. The van der Waals surface area contributed by atoms with Crippen molar-refractivity contribution in [1.82, 2.24) is 15.5 Å². The van der Waals surface area contributed by atoms with Gasteiger partial charge in [0.15, 0.2) is 5.96 Å². The van der Waals surface area contributed by atoms with Crippen LogP contribution >= 0.6 is 0 Å². The first-order valence-electron chi connectivity index (χ1n) is 11.6. The summed E-state index contributed by atoms with van der Waals surface area (Å²) >= 11 is 0. The van der Waals surface area contributed by atoms with Crippen molar-refractivity contribution in [3.8, 4) is 0 Å². The fourth-order valence-corrected chi connectivity index (χ4v) is 3.83. The molecule has 11 N–H and O–H groups in total. The zero-order chi connectivity index (χ0) is 26.7. The third-order valence-electron chi connectivity index (χ3n) is 5.48. The predicted molar refractivity (Wildman–Crippen MR) is 127 cm³/mol. The zero-order valence-corrected chi connectivity index (χ0v) is 20.2. The van der Waals surface area contributed by atoms with E-state index in [2.05, 4.69) is 15.6 Å². The van der Waals surface area contributed by atoms with Crippen LogP contribution in [-0.2, 0) is 24.0 Å². The number of carbonyl (C=O) groups excluding carboxylic acids is 4. The summed E-state index contributed by atoms with van der Waals surface area (Å²) in [5.74, 6) is -3.87. The molecule has 0 aromatic rings. The molecule has 4 atom stereocenters. The number of primary amides is 1. The van der Waals surface area contributed by atoms with Crippen LogP contribution in [0.5, 0.6) is 0 Å². The summed E-state index contributed by atoms with van der Waals surface area (Å²) < 4.78 is 0. The molecule has 0 radical (unpaired) electrons. The number of guanidine groups is 1. The number of amides is 4. The molecule has 0 spiro atoms. The van der Waals surface area contributed by atoms with E-state index >= 15 is 0 Å². The van der Waals surface area contributed by atoms with Gasteiger partial charge in [-0.05, 0) is 38.0 Å². The van der Waals surface area contributed by atoms with Gasteiger partial charge in [-0.3, -0.25) is 24.2 Å². The Morgan fingerprint density at radius 2 is 1.74 bits per heavy atom. The summed E-state index contributed by atoms with van der Waals surface area (Å²) in [5, 5.41) is 14.6. The van der Waals surface area contributed by atoms with E-state index in [1.165, 1.54) is 4.90 Å². The Morgan fingerprint density at radius 1 is 1.09 bits per heavy atom. The largest absolute Gasteiger partial charge is 0.480 e. The Kier molecular flexibility index (Phi) is 11.9. The molecule has 4 unspecified atom stereocenters. The van der Waals surface area contributed by atoms with E-state index in [-0.39, 0.29) is 44.2 Å². The molecule has 0 aliphatic carbocycles. The molecule has 198 valence electrons. The molecule has 4 amide bonds. The highest BCUT2D eigenvalue weighted by molar-refractivity contribution is 5.95. The van der Waals surface area contributed by atoms with Crippen LogP contribution in [0.25, 0.3) is 0 Å². The maximum Gasteiger partial charge on any atom is 0.326 e. The van der Waals surface area contributed by atoms with Gasteiger partial charge in [0.1, 0.15) is 18.1 Å². The molecule has 0 bridgehead atoms. The summed E-state index contributed by atoms with van der Waals surface area (Å²) in [6.07, 6.45) is 1.18. The van der Waals surface area contributed by atoms with E-state index in [4.69, 9.17) is 22.9 Å². The lowest BCUT2D eigenvalue weighted by molar-refractivity contribution is -0.143. The highest BCUT2D eigenvalue weighted by Crippen LogP contribution is 2.19. The van der Waals surface area contributed by atoms with Gasteiger partial charge >= 0.3 is 5.97 Å². The molecule has 14 heteroatoms. The van der Waals surface area contributed by atoms with Crippen molar-refractivity contribution in [3.05, 3.63) is 0 Å². The van der Waals surface area contributed by atoms with Crippen molar-refractivity contribution in [1.29, 1.82) is 0 Å². The van der Waals surface area contributed by atoms with Gasteiger partial charge in [-0.25, -0.2) is 4.79 Å². The van der Waals surface area contributed by atoms with E-state index < -0.39 is 53.8 Å². The Hall–Kier alpha value is -3.42. The molecule has 1 saturated heterocycles. The number of hydrogen-bond acceptors (Lipinski definition) is 7. The number of aliphatic imine (C=N–C) groups is 1. The molecule has 1 fully saturated rings. The summed E-state index contributed by atoms with van der Waals surface area (Å²) in [7, 11) is 0. The predicted octanol–water partition coefficient (Wildman–Crippen LogP) is -2.67. The quantitative estimate of drug-likeness (QED) is 0.0748. The number of nitrogens with one attached hydrogen (secondary N) is 2. The number of nitrogens with zero attached hydrogens (tertiary/aromatic N) is 2. The summed E-state index contributed by atoms with van der Waals surface area (Å²) in [6.45, 7) is 4.11. The molecule has 0 aromatic heterocycles. The third kappa shape index (κ3) is 10.2. The molecule has 1 aliphatic rings. The molecule has 0 aromatic carbocycles. The maximum atomic E-state index is 13.1.